The maximum Gasteiger partial charge on any atom is 0.282 e. The van der Waals surface area contributed by atoms with Crippen molar-refractivity contribution in [3.05, 3.63) is 74.9 Å². The molecule has 0 radical (unpaired) electrons. The highest BCUT2D eigenvalue weighted by molar-refractivity contribution is 9.10. The van der Waals surface area contributed by atoms with Gasteiger partial charge in [0.2, 0.25) is 5.91 Å². The molecule has 2 aromatic carbocycles. The van der Waals surface area contributed by atoms with Gasteiger partial charge >= 0.3 is 0 Å². The van der Waals surface area contributed by atoms with E-state index in [1.807, 2.05) is 50.2 Å². The van der Waals surface area contributed by atoms with Crippen molar-refractivity contribution in [2.45, 2.75) is 26.7 Å². The first-order chi connectivity index (χ1) is 13.9. The Hall–Kier alpha value is -3.06. The van der Waals surface area contributed by atoms with Crippen LogP contribution in [0, 0.1) is 0 Å². The quantitative estimate of drug-likeness (QED) is 0.421. The maximum atomic E-state index is 13.1. The minimum atomic E-state index is -0.230. The fourth-order valence-electron chi connectivity index (χ4n) is 3.34. The SMILES string of the molecule is CC(=O)n1cc(C=Nn2c(C(C)C)nc3ccc(Br)cc3c2=O)c2ccccc21. The van der Waals surface area contributed by atoms with Crippen LogP contribution in [0.25, 0.3) is 21.8 Å². The average Bonchev–Trinajstić information content (AvgIpc) is 3.06. The van der Waals surface area contributed by atoms with Gasteiger partial charge in [0.25, 0.3) is 5.56 Å². The van der Waals surface area contributed by atoms with E-state index in [-0.39, 0.29) is 17.4 Å². The number of para-hydroxylation sites is 1. The minimum absolute atomic E-state index is 0.00598. The van der Waals surface area contributed by atoms with Crippen LogP contribution in [-0.2, 0) is 0 Å². The average molecular weight is 451 g/mol. The van der Waals surface area contributed by atoms with E-state index in [1.165, 1.54) is 11.6 Å². The number of aromatic nitrogens is 3. The van der Waals surface area contributed by atoms with E-state index < -0.39 is 0 Å². The summed E-state index contributed by atoms with van der Waals surface area (Å²) in [5.41, 5.74) is 1.97. The van der Waals surface area contributed by atoms with Crippen LogP contribution in [0.1, 0.15) is 42.9 Å². The standard InChI is InChI=1S/C22H19BrN4O2/c1-13(2)21-25-19-9-8-16(23)10-18(19)22(29)27(21)24-11-15-12-26(14(3)28)20-7-5-4-6-17(15)20/h4-13H,1-3H3. The summed E-state index contributed by atoms with van der Waals surface area (Å²) >= 11 is 3.41. The molecule has 4 aromatic rings. The fourth-order valence-corrected chi connectivity index (χ4v) is 3.70. The lowest BCUT2D eigenvalue weighted by molar-refractivity contribution is 0.0941. The van der Waals surface area contributed by atoms with Crippen LogP contribution < -0.4 is 5.56 Å². The molecular weight excluding hydrogens is 432 g/mol. The first-order valence-corrected chi connectivity index (χ1v) is 10.0. The van der Waals surface area contributed by atoms with Gasteiger partial charge in [-0.05, 0) is 24.3 Å². The molecule has 0 atom stereocenters. The van der Waals surface area contributed by atoms with Crippen molar-refractivity contribution in [3.63, 3.8) is 0 Å². The van der Waals surface area contributed by atoms with Crippen LogP contribution in [0.15, 0.2) is 63.0 Å². The van der Waals surface area contributed by atoms with Crippen molar-refractivity contribution >= 4 is 49.9 Å². The summed E-state index contributed by atoms with van der Waals surface area (Å²) in [7, 11) is 0. The first-order valence-electron chi connectivity index (χ1n) is 9.24. The maximum absolute atomic E-state index is 13.1. The highest BCUT2D eigenvalue weighted by atomic mass is 79.9. The highest BCUT2D eigenvalue weighted by Gasteiger charge is 2.14. The molecule has 7 heteroatoms. The topological polar surface area (TPSA) is 69.2 Å². The summed E-state index contributed by atoms with van der Waals surface area (Å²) < 4.78 is 3.74. The normalized spacial score (nSPS) is 11.9. The Bertz CT molecular complexity index is 1350. The molecule has 0 bridgehead atoms. The van der Waals surface area contributed by atoms with Gasteiger partial charge in [-0.15, -0.1) is 0 Å². The zero-order valence-corrected chi connectivity index (χ0v) is 17.8. The van der Waals surface area contributed by atoms with Gasteiger partial charge in [-0.25, -0.2) is 4.98 Å². The molecule has 0 spiro atoms. The number of carbonyl (C=O) groups is 1. The molecule has 0 fully saturated rings. The van der Waals surface area contributed by atoms with Crippen molar-refractivity contribution in [2.75, 3.05) is 0 Å². The molecule has 2 heterocycles. The molecule has 0 N–H and O–H groups in total. The lowest BCUT2D eigenvalue weighted by Gasteiger charge is -2.11. The molecule has 0 saturated carbocycles. The van der Waals surface area contributed by atoms with E-state index in [9.17, 15) is 9.59 Å². The monoisotopic (exact) mass is 450 g/mol. The molecule has 0 amide bonds. The second-order valence-corrected chi connectivity index (χ2v) is 8.05. The number of hydrogen-bond acceptors (Lipinski definition) is 4. The van der Waals surface area contributed by atoms with Crippen LogP contribution in [-0.4, -0.2) is 26.3 Å². The second-order valence-electron chi connectivity index (χ2n) is 7.14. The predicted molar refractivity (Wildman–Crippen MR) is 119 cm³/mol. The van der Waals surface area contributed by atoms with Crippen LogP contribution in [0.2, 0.25) is 0 Å². The van der Waals surface area contributed by atoms with Gasteiger partial charge in [0, 0.05) is 34.5 Å². The van der Waals surface area contributed by atoms with Crippen LogP contribution in [0.5, 0.6) is 0 Å². The number of benzene rings is 2. The smallest absolute Gasteiger partial charge is 0.282 e. The van der Waals surface area contributed by atoms with Gasteiger partial charge in [0.1, 0.15) is 5.82 Å². The second kappa shape index (κ2) is 7.40. The third-order valence-electron chi connectivity index (χ3n) is 4.74. The molecule has 0 saturated heterocycles. The number of rotatable bonds is 3. The Morgan fingerprint density at radius 2 is 1.93 bits per heavy atom. The summed E-state index contributed by atoms with van der Waals surface area (Å²) in [6, 6.07) is 13.0. The van der Waals surface area contributed by atoms with Crippen LogP contribution in [0.3, 0.4) is 0 Å². The van der Waals surface area contributed by atoms with Crippen molar-refractivity contribution in [3.8, 4) is 0 Å². The van der Waals surface area contributed by atoms with Crippen molar-refractivity contribution in [2.24, 2.45) is 5.10 Å². The van der Waals surface area contributed by atoms with Gasteiger partial charge < -0.3 is 0 Å². The van der Waals surface area contributed by atoms with E-state index >= 15 is 0 Å². The Kier molecular flexibility index (Phi) is 4.92. The van der Waals surface area contributed by atoms with Crippen LogP contribution >= 0.6 is 15.9 Å². The van der Waals surface area contributed by atoms with Crippen LogP contribution in [0.4, 0.5) is 0 Å². The van der Waals surface area contributed by atoms with E-state index in [0.29, 0.717) is 16.7 Å². The highest BCUT2D eigenvalue weighted by Crippen LogP contribution is 2.21. The fraction of sp³-hybridized carbons (Fsp3) is 0.182. The number of fused-ring (bicyclic) bond motifs is 2. The minimum Gasteiger partial charge on any atom is -0.287 e. The van der Waals surface area contributed by atoms with Gasteiger partial charge in [0.05, 0.1) is 22.6 Å². The summed E-state index contributed by atoms with van der Waals surface area (Å²) in [6.45, 7) is 5.46. The third-order valence-corrected chi connectivity index (χ3v) is 5.24. The molecular formula is C22H19BrN4O2. The van der Waals surface area contributed by atoms with E-state index in [2.05, 4.69) is 26.0 Å². The van der Waals surface area contributed by atoms with Gasteiger partial charge in [-0.3, -0.25) is 14.2 Å². The largest absolute Gasteiger partial charge is 0.287 e. The Labute approximate surface area is 175 Å². The number of halogens is 1. The molecule has 0 aliphatic heterocycles. The van der Waals surface area contributed by atoms with E-state index in [4.69, 9.17) is 0 Å². The van der Waals surface area contributed by atoms with E-state index in [1.54, 1.807) is 23.0 Å². The molecule has 6 nitrogen and oxygen atoms in total. The zero-order valence-electron chi connectivity index (χ0n) is 16.3. The molecule has 146 valence electrons. The summed E-state index contributed by atoms with van der Waals surface area (Å²) in [6.07, 6.45) is 3.35. The molecule has 2 aromatic heterocycles. The summed E-state index contributed by atoms with van der Waals surface area (Å²) in [4.78, 5) is 29.8. The van der Waals surface area contributed by atoms with E-state index in [0.717, 1.165) is 20.9 Å². The Morgan fingerprint density at radius 3 is 2.66 bits per heavy atom. The summed E-state index contributed by atoms with van der Waals surface area (Å²) in [5.74, 6) is 0.501. The molecule has 0 aliphatic rings. The Morgan fingerprint density at radius 1 is 1.17 bits per heavy atom. The molecule has 29 heavy (non-hydrogen) atoms. The lowest BCUT2D eigenvalue weighted by Crippen LogP contribution is -2.23. The third kappa shape index (κ3) is 3.42. The van der Waals surface area contributed by atoms with Crippen molar-refractivity contribution in [1.82, 2.24) is 14.2 Å². The lowest BCUT2D eigenvalue weighted by atomic mass is 10.2. The molecule has 4 rings (SSSR count). The number of nitrogens with zero attached hydrogens (tertiary/aromatic N) is 4. The molecule has 0 unspecified atom stereocenters. The molecule has 0 aliphatic carbocycles. The van der Waals surface area contributed by atoms with Crippen molar-refractivity contribution < 1.29 is 4.79 Å². The van der Waals surface area contributed by atoms with Gasteiger partial charge in [-0.1, -0.05) is 48.0 Å². The number of hydrogen-bond donors (Lipinski definition) is 0. The van der Waals surface area contributed by atoms with Crippen molar-refractivity contribution in [1.29, 1.82) is 0 Å². The van der Waals surface area contributed by atoms with Gasteiger partial charge in [0.15, 0.2) is 0 Å². The Balaban J connectivity index is 1.92. The first kappa shape index (κ1) is 19.3. The summed E-state index contributed by atoms with van der Waals surface area (Å²) in [5, 5.41) is 5.86. The predicted octanol–water partition coefficient (Wildman–Crippen LogP) is 4.78. The zero-order chi connectivity index (χ0) is 20.7. The number of carbonyl (C=O) groups excluding carboxylic acids is 1. The van der Waals surface area contributed by atoms with Gasteiger partial charge in [-0.2, -0.15) is 9.78 Å².